The minimum Gasteiger partial charge on any atom is -0.744 e. The molecule has 0 spiro atoms. The third-order valence-corrected chi connectivity index (χ3v) is 9.82. The molecule has 0 heterocycles. The Kier molecular flexibility index (Phi) is 24.3. The molecular weight excluding hydrogens is 559 g/mol. The van der Waals surface area contributed by atoms with Crippen molar-refractivity contribution in [2.75, 3.05) is 0 Å². The van der Waals surface area contributed by atoms with Crippen LogP contribution in [-0.2, 0) is 23.0 Å². The van der Waals surface area contributed by atoms with Crippen molar-refractivity contribution < 1.29 is 42.5 Å². The van der Waals surface area contributed by atoms with Gasteiger partial charge >= 0.3 is 29.6 Å². The molecule has 240 valence electrons. The van der Waals surface area contributed by atoms with Crippen molar-refractivity contribution in [1.29, 1.82) is 0 Å². The van der Waals surface area contributed by atoms with Crippen LogP contribution < -0.4 is 29.6 Å². The molecule has 0 aliphatic rings. The van der Waals surface area contributed by atoms with Gasteiger partial charge in [0, 0.05) is 0 Å². The van der Waals surface area contributed by atoms with Crippen molar-refractivity contribution in [3.05, 3.63) is 41.5 Å². The van der Waals surface area contributed by atoms with E-state index in [0.29, 0.717) is 0 Å². The zero-order valence-corrected chi connectivity index (χ0v) is 31.2. The predicted octanol–water partition coefficient (Wildman–Crippen LogP) is 9.24. The summed E-state index contributed by atoms with van der Waals surface area (Å²) in [5.74, 6) is 0. The van der Waals surface area contributed by atoms with Gasteiger partial charge in [-0.15, -0.1) is 0 Å². The number of benzene rings is 2. The van der Waals surface area contributed by atoms with Gasteiger partial charge in [0.15, 0.2) is 0 Å². The van der Waals surface area contributed by atoms with Crippen LogP contribution in [0.2, 0.25) is 0 Å². The van der Waals surface area contributed by atoms with Gasteiger partial charge in [-0.3, -0.25) is 0 Å². The topological polar surface area (TPSA) is 57.2 Å². The van der Waals surface area contributed by atoms with Gasteiger partial charge in [-0.25, -0.2) is 8.42 Å². The Morgan fingerprint density at radius 3 is 1.28 bits per heavy atom. The summed E-state index contributed by atoms with van der Waals surface area (Å²) in [4.78, 5) is -0.0774. The van der Waals surface area contributed by atoms with Crippen LogP contribution in [0.1, 0.15) is 179 Å². The Balaban J connectivity index is 0.00000924. The first-order valence-electron chi connectivity index (χ1n) is 18.0. The number of rotatable bonds is 27. The molecule has 0 saturated carbocycles. The van der Waals surface area contributed by atoms with E-state index in [4.69, 9.17) is 0 Å². The van der Waals surface area contributed by atoms with Crippen LogP contribution in [0, 0.1) is 0 Å². The van der Waals surface area contributed by atoms with Crippen molar-refractivity contribution in [3.8, 4) is 0 Å². The molecule has 0 aliphatic heterocycles. The van der Waals surface area contributed by atoms with E-state index >= 15 is 0 Å². The van der Waals surface area contributed by atoms with Crippen LogP contribution in [0.4, 0.5) is 0 Å². The van der Waals surface area contributed by atoms with Gasteiger partial charge in [0.25, 0.3) is 0 Å². The van der Waals surface area contributed by atoms with Crippen molar-refractivity contribution in [1.82, 2.24) is 0 Å². The average Bonchev–Trinajstić information content (AvgIpc) is 2.97. The largest absolute Gasteiger partial charge is 1.00 e. The summed E-state index contributed by atoms with van der Waals surface area (Å²) in [6.45, 7) is 4.54. The van der Waals surface area contributed by atoms with Crippen LogP contribution in [0.15, 0.2) is 35.2 Å². The quantitative estimate of drug-likeness (QED) is 0.0567. The second-order valence-electron chi connectivity index (χ2n) is 12.8. The second kappa shape index (κ2) is 25.8. The molecule has 0 bridgehead atoms. The first-order chi connectivity index (χ1) is 20.5. The molecule has 2 aromatic carbocycles. The zero-order valence-electron chi connectivity index (χ0n) is 28.4. The first kappa shape index (κ1) is 40.6. The molecule has 5 heteroatoms. The molecule has 0 aromatic heterocycles. The molecule has 0 aliphatic carbocycles. The summed E-state index contributed by atoms with van der Waals surface area (Å²) >= 11 is 0. The van der Waals surface area contributed by atoms with Gasteiger partial charge in [0.1, 0.15) is 10.1 Å². The van der Waals surface area contributed by atoms with E-state index in [2.05, 4.69) is 19.9 Å². The van der Waals surface area contributed by atoms with Crippen molar-refractivity contribution in [2.24, 2.45) is 0 Å². The summed E-state index contributed by atoms with van der Waals surface area (Å²) in [5.41, 5.74) is 2.35. The van der Waals surface area contributed by atoms with Gasteiger partial charge in [0.2, 0.25) is 0 Å². The summed E-state index contributed by atoms with van der Waals surface area (Å²) < 4.78 is 35.8. The number of hydrogen-bond donors (Lipinski definition) is 0. The number of fused-ring (bicyclic) bond motifs is 1. The van der Waals surface area contributed by atoms with Gasteiger partial charge in [-0.1, -0.05) is 173 Å². The minimum atomic E-state index is -4.48. The SMILES string of the molecule is CCCCCCCCCCCCCCc1cccc2cc(S(=O)(=O)[O-])cc(CCCCCCCCCCCCCC)c12.[Na+]. The molecule has 0 unspecified atom stereocenters. The molecule has 43 heavy (non-hydrogen) atoms. The normalized spacial score (nSPS) is 11.7. The Bertz CT molecular complexity index is 1070. The molecule has 0 radical (unpaired) electrons. The Morgan fingerprint density at radius 2 is 0.884 bits per heavy atom. The fraction of sp³-hybridized carbons (Fsp3) is 0.737. The Hall–Kier alpha value is -0.390. The standard InChI is InChI=1S/C38H64O3S.Na/c1-3-5-7-9-11-13-15-17-19-21-23-25-28-34-30-27-31-36-33-37(42(39,40)41)32-35(38(34)36)29-26-24-22-20-18-16-14-12-10-8-6-4-2;/h27,30-33H,3-26,28-29H2,1-2H3,(H,39,40,41);/q;+1/p-1. The number of hydrogen-bond acceptors (Lipinski definition) is 3. The summed E-state index contributed by atoms with van der Waals surface area (Å²) in [6.07, 6.45) is 33.6. The van der Waals surface area contributed by atoms with E-state index in [9.17, 15) is 13.0 Å². The van der Waals surface area contributed by atoms with Gasteiger partial charge < -0.3 is 4.55 Å². The fourth-order valence-electron chi connectivity index (χ4n) is 6.43. The molecule has 0 atom stereocenters. The van der Waals surface area contributed by atoms with E-state index in [0.717, 1.165) is 43.1 Å². The molecule has 3 nitrogen and oxygen atoms in total. The first-order valence-corrected chi connectivity index (χ1v) is 19.4. The average molecular weight is 623 g/mol. The Labute approximate surface area is 288 Å². The Morgan fingerprint density at radius 1 is 0.512 bits per heavy atom. The third kappa shape index (κ3) is 18.4. The van der Waals surface area contributed by atoms with Crippen LogP contribution >= 0.6 is 0 Å². The van der Waals surface area contributed by atoms with E-state index in [1.807, 2.05) is 12.1 Å². The van der Waals surface area contributed by atoms with Crippen molar-refractivity contribution >= 4 is 20.9 Å². The minimum absolute atomic E-state index is 0. The van der Waals surface area contributed by atoms with E-state index in [1.165, 1.54) is 146 Å². The molecule has 2 aromatic rings. The van der Waals surface area contributed by atoms with Crippen LogP contribution in [-0.4, -0.2) is 13.0 Å². The predicted molar refractivity (Wildman–Crippen MR) is 181 cm³/mol. The maximum atomic E-state index is 11.9. The van der Waals surface area contributed by atoms with Gasteiger partial charge in [-0.05, 0) is 59.7 Å². The maximum absolute atomic E-state index is 11.9. The van der Waals surface area contributed by atoms with Gasteiger partial charge in [0.05, 0.1) is 4.90 Å². The molecule has 0 N–H and O–H groups in total. The van der Waals surface area contributed by atoms with E-state index < -0.39 is 10.1 Å². The summed E-state index contributed by atoms with van der Waals surface area (Å²) in [7, 11) is -4.48. The van der Waals surface area contributed by atoms with Gasteiger partial charge in [-0.2, -0.15) is 0 Å². The van der Waals surface area contributed by atoms with Crippen molar-refractivity contribution in [2.45, 2.75) is 186 Å². The second-order valence-corrected chi connectivity index (χ2v) is 14.2. The molecular formula is C38H63NaO3S. The molecule has 2 rings (SSSR count). The maximum Gasteiger partial charge on any atom is 1.00 e. The molecule has 0 fully saturated rings. The van der Waals surface area contributed by atoms with Crippen LogP contribution in [0.3, 0.4) is 0 Å². The van der Waals surface area contributed by atoms with Crippen LogP contribution in [0.5, 0.6) is 0 Å². The van der Waals surface area contributed by atoms with E-state index in [1.54, 1.807) is 12.1 Å². The third-order valence-electron chi connectivity index (χ3n) is 9.01. The zero-order chi connectivity index (χ0) is 30.3. The van der Waals surface area contributed by atoms with Crippen LogP contribution in [0.25, 0.3) is 10.8 Å². The number of aryl methyl sites for hydroxylation is 2. The summed E-state index contributed by atoms with van der Waals surface area (Å²) in [5, 5.41) is 2.09. The number of unbranched alkanes of at least 4 members (excludes halogenated alkanes) is 22. The molecule has 0 saturated heterocycles. The molecule has 0 amide bonds. The summed E-state index contributed by atoms with van der Waals surface area (Å²) in [6, 6.07) is 9.47. The van der Waals surface area contributed by atoms with E-state index in [-0.39, 0.29) is 34.5 Å². The monoisotopic (exact) mass is 622 g/mol. The fourth-order valence-corrected chi connectivity index (χ4v) is 6.99. The van der Waals surface area contributed by atoms with Crippen molar-refractivity contribution in [3.63, 3.8) is 0 Å². The smallest absolute Gasteiger partial charge is 0.744 e.